The molecule has 1 saturated carbocycles. The second kappa shape index (κ2) is 4.04. The maximum Gasteiger partial charge on any atom is 0.0963 e. The SMILES string of the molecule is OC(C1CCC1)C1CN2CCCC2CO1. The molecule has 0 spiro atoms. The van der Waals surface area contributed by atoms with Gasteiger partial charge in [-0.25, -0.2) is 0 Å². The van der Waals surface area contributed by atoms with Crippen LogP contribution in [0, 0.1) is 5.92 Å². The largest absolute Gasteiger partial charge is 0.390 e. The van der Waals surface area contributed by atoms with E-state index in [0.29, 0.717) is 12.0 Å². The Kier molecular flexibility index (Phi) is 2.71. The fourth-order valence-electron chi connectivity index (χ4n) is 3.13. The van der Waals surface area contributed by atoms with Crippen LogP contribution in [0.5, 0.6) is 0 Å². The molecule has 0 aromatic carbocycles. The molecular weight excluding hydrogens is 190 g/mol. The molecule has 0 radical (unpaired) electrons. The van der Waals surface area contributed by atoms with Gasteiger partial charge < -0.3 is 9.84 Å². The van der Waals surface area contributed by atoms with E-state index in [2.05, 4.69) is 4.90 Å². The van der Waals surface area contributed by atoms with Crippen LogP contribution < -0.4 is 0 Å². The van der Waals surface area contributed by atoms with E-state index < -0.39 is 0 Å². The zero-order chi connectivity index (χ0) is 10.3. The molecule has 0 bridgehead atoms. The van der Waals surface area contributed by atoms with Crippen molar-refractivity contribution < 1.29 is 9.84 Å². The maximum absolute atomic E-state index is 10.2. The molecule has 0 aromatic heterocycles. The van der Waals surface area contributed by atoms with Gasteiger partial charge in [0.15, 0.2) is 0 Å². The van der Waals surface area contributed by atoms with Crippen molar-refractivity contribution in [1.82, 2.24) is 4.90 Å². The zero-order valence-corrected chi connectivity index (χ0v) is 9.27. The predicted octanol–water partition coefficient (Wildman–Crippen LogP) is 1.01. The first kappa shape index (κ1) is 10.1. The second-order valence-corrected chi connectivity index (χ2v) is 5.34. The third-order valence-corrected chi connectivity index (χ3v) is 4.43. The zero-order valence-electron chi connectivity index (χ0n) is 9.27. The Balaban J connectivity index is 1.58. The van der Waals surface area contributed by atoms with E-state index in [1.165, 1.54) is 38.6 Å². The van der Waals surface area contributed by atoms with Crippen LogP contribution in [0.2, 0.25) is 0 Å². The number of hydrogen-bond donors (Lipinski definition) is 1. The Labute approximate surface area is 91.4 Å². The summed E-state index contributed by atoms with van der Waals surface area (Å²) in [5.41, 5.74) is 0. The molecule has 3 nitrogen and oxygen atoms in total. The molecule has 3 unspecified atom stereocenters. The summed E-state index contributed by atoms with van der Waals surface area (Å²) in [5, 5.41) is 10.2. The average molecular weight is 211 g/mol. The topological polar surface area (TPSA) is 32.7 Å². The second-order valence-electron chi connectivity index (χ2n) is 5.34. The quantitative estimate of drug-likeness (QED) is 0.740. The molecule has 3 heteroatoms. The summed E-state index contributed by atoms with van der Waals surface area (Å²) in [6.07, 6.45) is 6.16. The summed E-state index contributed by atoms with van der Waals surface area (Å²) in [6, 6.07) is 0.648. The van der Waals surface area contributed by atoms with Crippen LogP contribution in [0.4, 0.5) is 0 Å². The first-order chi connectivity index (χ1) is 7.34. The highest BCUT2D eigenvalue weighted by Gasteiger charge is 2.39. The molecule has 15 heavy (non-hydrogen) atoms. The number of aliphatic hydroxyl groups is 1. The van der Waals surface area contributed by atoms with Gasteiger partial charge in [-0.3, -0.25) is 4.90 Å². The minimum absolute atomic E-state index is 0.0876. The van der Waals surface area contributed by atoms with Crippen LogP contribution in [-0.4, -0.2) is 48.0 Å². The standard InChI is InChI=1S/C12H21NO2/c14-12(9-3-1-4-9)11-7-13-6-2-5-10(13)8-15-11/h9-12,14H,1-8H2. The highest BCUT2D eigenvalue weighted by molar-refractivity contribution is 4.91. The smallest absolute Gasteiger partial charge is 0.0963 e. The van der Waals surface area contributed by atoms with Gasteiger partial charge >= 0.3 is 0 Å². The van der Waals surface area contributed by atoms with Crippen LogP contribution in [0.1, 0.15) is 32.1 Å². The molecule has 1 N–H and O–H groups in total. The van der Waals surface area contributed by atoms with E-state index in [1.807, 2.05) is 0 Å². The fraction of sp³-hybridized carbons (Fsp3) is 1.00. The lowest BCUT2D eigenvalue weighted by molar-refractivity contribution is -0.126. The van der Waals surface area contributed by atoms with Gasteiger partial charge in [0.25, 0.3) is 0 Å². The summed E-state index contributed by atoms with van der Waals surface area (Å²) in [6.45, 7) is 3.01. The van der Waals surface area contributed by atoms with Crippen LogP contribution >= 0.6 is 0 Å². The van der Waals surface area contributed by atoms with Gasteiger partial charge in [0.05, 0.1) is 18.8 Å². The van der Waals surface area contributed by atoms with Gasteiger partial charge in [0.2, 0.25) is 0 Å². The van der Waals surface area contributed by atoms with Crippen molar-refractivity contribution >= 4 is 0 Å². The van der Waals surface area contributed by atoms with Gasteiger partial charge in [0, 0.05) is 12.6 Å². The molecule has 86 valence electrons. The monoisotopic (exact) mass is 211 g/mol. The number of rotatable bonds is 2. The Morgan fingerprint density at radius 2 is 2.07 bits per heavy atom. The molecule has 3 rings (SSSR count). The van der Waals surface area contributed by atoms with Crippen LogP contribution in [0.15, 0.2) is 0 Å². The summed E-state index contributed by atoms with van der Waals surface area (Å²) < 4.78 is 5.82. The van der Waals surface area contributed by atoms with Gasteiger partial charge in [-0.2, -0.15) is 0 Å². The number of fused-ring (bicyclic) bond motifs is 1. The van der Waals surface area contributed by atoms with Crippen molar-refractivity contribution in [1.29, 1.82) is 0 Å². The van der Waals surface area contributed by atoms with E-state index >= 15 is 0 Å². The Hall–Kier alpha value is -0.120. The van der Waals surface area contributed by atoms with E-state index in [9.17, 15) is 5.11 Å². The van der Waals surface area contributed by atoms with Gasteiger partial charge in [-0.1, -0.05) is 6.42 Å². The van der Waals surface area contributed by atoms with Gasteiger partial charge in [0.1, 0.15) is 0 Å². The molecule has 2 aliphatic heterocycles. The van der Waals surface area contributed by atoms with E-state index in [4.69, 9.17) is 4.74 Å². The van der Waals surface area contributed by atoms with E-state index in [1.54, 1.807) is 0 Å². The third-order valence-electron chi connectivity index (χ3n) is 4.43. The maximum atomic E-state index is 10.2. The third kappa shape index (κ3) is 1.81. The summed E-state index contributed by atoms with van der Waals surface area (Å²) in [5.74, 6) is 0.522. The summed E-state index contributed by atoms with van der Waals surface area (Å²) in [7, 11) is 0. The average Bonchev–Trinajstić information content (AvgIpc) is 2.61. The predicted molar refractivity (Wildman–Crippen MR) is 57.7 cm³/mol. The lowest BCUT2D eigenvalue weighted by Gasteiger charge is -2.41. The highest BCUT2D eigenvalue weighted by Crippen LogP contribution is 2.33. The number of morpholine rings is 1. The molecule has 0 aromatic rings. The van der Waals surface area contributed by atoms with Gasteiger partial charge in [-0.15, -0.1) is 0 Å². The highest BCUT2D eigenvalue weighted by atomic mass is 16.5. The minimum Gasteiger partial charge on any atom is -0.390 e. The normalized spacial score (nSPS) is 39.8. The van der Waals surface area contributed by atoms with Crippen molar-refractivity contribution in [2.45, 2.75) is 50.4 Å². The van der Waals surface area contributed by atoms with Crippen molar-refractivity contribution in [3.05, 3.63) is 0 Å². The molecule has 2 heterocycles. The lowest BCUT2D eigenvalue weighted by atomic mass is 9.79. The Morgan fingerprint density at radius 1 is 1.20 bits per heavy atom. The molecule has 3 fully saturated rings. The molecule has 0 amide bonds. The van der Waals surface area contributed by atoms with E-state index in [-0.39, 0.29) is 12.2 Å². The fourth-order valence-corrected chi connectivity index (χ4v) is 3.13. The molecular formula is C12H21NO2. The van der Waals surface area contributed by atoms with Crippen molar-refractivity contribution in [3.8, 4) is 0 Å². The first-order valence-electron chi connectivity index (χ1n) is 6.38. The number of aliphatic hydroxyl groups excluding tert-OH is 1. The summed E-state index contributed by atoms with van der Waals surface area (Å²) >= 11 is 0. The molecule has 3 atom stereocenters. The van der Waals surface area contributed by atoms with Crippen LogP contribution in [0.3, 0.4) is 0 Å². The van der Waals surface area contributed by atoms with Crippen LogP contribution in [0.25, 0.3) is 0 Å². The van der Waals surface area contributed by atoms with Crippen molar-refractivity contribution in [2.75, 3.05) is 19.7 Å². The number of nitrogens with zero attached hydrogens (tertiary/aromatic N) is 1. The van der Waals surface area contributed by atoms with Crippen molar-refractivity contribution in [3.63, 3.8) is 0 Å². The summed E-state index contributed by atoms with van der Waals surface area (Å²) in [4.78, 5) is 2.51. The molecule has 1 aliphatic carbocycles. The number of hydrogen-bond acceptors (Lipinski definition) is 3. The first-order valence-corrected chi connectivity index (χ1v) is 6.38. The van der Waals surface area contributed by atoms with Gasteiger partial charge in [-0.05, 0) is 38.1 Å². The van der Waals surface area contributed by atoms with Crippen LogP contribution in [-0.2, 0) is 4.74 Å². The minimum atomic E-state index is -0.208. The Bertz CT molecular complexity index is 230. The molecule has 2 saturated heterocycles. The van der Waals surface area contributed by atoms with E-state index in [0.717, 1.165) is 13.2 Å². The number of ether oxygens (including phenoxy) is 1. The molecule has 3 aliphatic rings. The van der Waals surface area contributed by atoms with Crippen molar-refractivity contribution in [2.24, 2.45) is 5.92 Å². The lowest BCUT2D eigenvalue weighted by Crippen LogP contribution is -2.52. The Morgan fingerprint density at radius 3 is 2.80 bits per heavy atom.